The maximum Gasteiger partial charge on any atom is 0.317 e. The third-order valence-electron chi connectivity index (χ3n) is 13.2. The molecule has 1 aliphatic heterocycles. The molecule has 1 saturated heterocycles. The molecular formula is C32H50O6. The zero-order valence-corrected chi connectivity index (χ0v) is 24.8. The van der Waals surface area contributed by atoms with Gasteiger partial charge in [-0.3, -0.25) is 14.4 Å². The number of hydrogen-bond donors (Lipinski definition) is 0. The number of ether oxygens (including phenoxy) is 3. The molecule has 214 valence electrons. The van der Waals surface area contributed by atoms with Crippen LogP contribution in [-0.2, 0) is 28.6 Å². The summed E-state index contributed by atoms with van der Waals surface area (Å²) in [5, 5.41) is 0. The molecule has 0 amide bonds. The number of cyclic esters (lactones) is 1. The lowest BCUT2D eigenvalue weighted by atomic mass is 9.35. The fourth-order valence-electron chi connectivity index (χ4n) is 11.2. The average Bonchev–Trinajstić information content (AvgIpc) is 3.36. The third kappa shape index (κ3) is 3.97. The molecule has 1 heterocycles. The monoisotopic (exact) mass is 530 g/mol. The van der Waals surface area contributed by atoms with Gasteiger partial charge in [-0.05, 0) is 106 Å². The number of carbonyl (C=O) groups is 3. The van der Waals surface area contributed by atoms with Crippen LogP contribution in [0.3, 0.4) is 0 Å². The molecule has 4 aliphatic carbocycles. The Labute approximate surface area is 229 Å². The van der Waals surface area contributed by atoms with Gasteiger partial charge in [0.25, 0.3) is 0 Å². The van der Waals surface area contributed by atoms with E-state index in [1.807, 2.05) is 0 Å². The zero-order chi connectivity index (χ0) is 27.7. The van der Waals surface area contributed by atoms with E-state index in [0.29, 0.717) is 30.1 Å². The van der Waals surface area contributed by atoms with E-state index in [0.717, 1.165) is 32.1 Å². The molecule has 4 saturated carbocycles. The molecule has 0 aromatic heterocycles. The molecular weight excluding hydrogens is 480 g/mol. The predicted octanol–water partition coefficient (Wildman–Crippen LogP) is 6.63. The highest BCUT2D eigenvalue weighted by Crippen LogP contribution is 2.76. The summed E-state index contributed by atoms with van der Waals surface area (Å²) in [6.07, 6.45) is 10.0. The Hall–Kier alpha value is -1.59. The normalized spacial score (nSPS) is 47.3. The standard InChI is InChI=1S/C32H50O6/c1-8-36-26(34)19-27(35)37-24-13-15-29(4)22(28(24,2)3)12-17-31(6)23(29)10-9-20-21(11-16-30(20,31)5)32(7)18-14-25(33)38-32/h20-24H,8-19H2,1-7H3/t20-,21+,22+,23-,24?,29+,30-,31-,32+/m1/s1. The van der Waals surface area contributed by atoms with Crippen LogP contribution in [0.2, 0.25) is 0 Å². The first kappa shape index (κ1) is 28.0. The Morgan fingerprint density at radius 3 is 2.18 bits per heavy atom. The summed E-state index contributed by atoms with van der Waals surface area (Å²) < 4.78 is 16.9. The van der Waals surface area contributed by atoms with Crippen molar-refractivity contribution in [2.45, 2.75) is 131 Å². The molecule has 38 heavy (non-hydrogen) atoms. The van der Waals surface area contributed by atoms with Crippen LogP contribution in [-0.4, -0.2) is 36.2 Å². The van der Waals surface area contributed by atoms with Gasteiger partial charge in [0.05, 0.1) is 6.61 Å². The molecule has 1 unspecified atom stereocenters. The first-order valence-corrected chi connectivity index (χ1v) is 15.3. The summed E-state index contributed by atoms with van der Waals surface area (Å²) in [4.78, 5) is 36.6. The Morgan fingerprint density at radius 1 is 0.816 bits per heavy atom. The highest BCUT2D eigenvalue weighted by atomic mass is 16.6. The Balaban J connectivity index is 1.36. The zero-order valence-electron chi connectivity index (χ0n) is 24.8. The van der Waals surface area contributed by atoms with Crippen molar-refractivity contribution in [1.29, 1.82) is 0 Å². The molecule has 0 spiro atoms. The lowest BCUT2D eigenvalue weighted by Gasteiger charge is -2.70. The van der Waals surface area contributed by atoms with Gasteiger partial charge in [0.15, 0.2) is 0 Å². The largest absolute Gasteiger partial charge is 0.466 e. The van der Waals surface area contributed by atoms with Crippen LogP contribution in [0.4, 0.5) is 0 Å². The van der Waals surface area contributed by atoms with Crippen LogP contribution in [0.15, 0.2) is 0 Å². The third-order valence-corrected chi connectivity index (χ3v) is 13.2. The average molecular weight is 531 g/mol. The Kier molecular flexibility index (Phi) is 6.79. The highest BCUT2D eigenvalue weighted by Gasteiger charge is 2.70. The second-order valence-electron chi connectivity index (χ2n) is 14.9. The van der Waals surface area contributed by atoms with E-state index in [4.69, 9.17) is 14.2 Å². The molecule has 0 aromatic rings. The molecule has 6 heteroatoms. The molecule has 0 bridgehead atoms. The Bertz CT molecular complexity index is 988. The predicted molar refractivity (Wildman–Crippen MR) is 144 cm³/mol. The van der Waals surface area contributed by atoms with E-state index >= 15 is 0 Å². The number of esters is 3. The number of carbonyl (C=O) groups excluding carboxylic acids is 3. The van der Waals surface area contributed by atoms with Crippen molar-refractivity contribution in [2.75, 3.05) is 6.61 Å². The van der Waals surface area contributed by atoms with E-state index in [-0.39, 0.29) is 52.4 Å². The van der Waals surface area contributed by atoms with Crippen molar-refractivity contribution < 1.29 is 28.6 Å². The topological polar surface area (TPSA) is 78.9 Å². The Morgan fingerprint density at radius 2 is 1.53 bits per heavy atom. The minimum absolute atomic E-state index is 0.0176. The number of hydrogen-bond acceptors (Lipinski definition) is 6. The lowest BCUT2D eigenvalue weighted by Crippen LogP contribution is -2.64. The van der Waals surface area contributed by atoms with Crippen LogP contribution >= 0.6 is 0 Å². The van der Waals surface area contributed by atoms with E-state index in [1.165, 1.54) is 25.7 Å². The van der Waals surface area contributed by atoms with Crippen LogP contribution in [0, 0.1) is 45.3 Å². The van der Waals surface area contributed by atoms with Crippen LogP contribution in [0.25, 0.3) is 0 Å². The molecule has 5 rings (SSSR count). The minimum atomic E-state index is -0.509. The minimum Gasteiger partial charge on any atom is -0.466 e. The van der Waals surface area contributed by atoms with Crippen LogP contribution < -0.4 is 0 Å². The molecule has 6 nitrogen and oxygen atoms in total. The molecule has 0 radical (unpaired) electrons. The maximum absolute atomic E-state index is 12.6. The van der Waals surface area contributed by atoms with Crippen molar-refractivity contribution in [3.63, 3.8) is 0 Å². The molecule has 9 atom stereocenters. The molecule has 5 aliphatic rings. The first-order valence-electron chi connectivity index (χ1n) is 15.3. The van der Waals surface area contributed by atoms with Crippen molar-refractivity contribution in [3.05, 3.63) is 0 Å². The fraction of sp³-hybridized carbons (Fsp3) is 0.906. The van der Waals surface area contributed by atoms with Gasteiger partial charge in [-0.25, -0.2) is 0 Å². The summed E-state index contributed by atoms with van der Waals surface area (Å²) in [7, 11) is 0. The second kappa shape index (κ2) is 9.23. The summed E-state index contributed by atoms with van der Waals surface area (Å²) in [6, 6.07) is 0. The van der Waals surface area contributed by atoms with Crippen molar-refractivity contribution in [2.24, 2.45) is 45.3 Å². The van der Waals surface area contributed by atoms with Crippen LogP contribution in [0.5, 0.6) is 0 Å². The molecule has 0 aromatic carbocycles. The summed E-state index contributed by atoms with van der Waals surface area (Å²) >= 11 is 0. The maximum atomic E-state index is 12.6. The van der Waals surface area contributed by atoms with Crippen molar-refractivity contribution in [3.8, 4) is 0 Å². The summed E-state index contributed by atoms with van der Waals surface area (Å²) in [5.41, 5.74) is 0.242. The SMILES string of the molecule is CCOC(=O)CC(=O)OC1CC[C@]2(C)[C@H]3CC[C@@H]4[C@@H]([C@]5(C)CCC(=O)O5)CC[C@@]4(C)[C@]3(C)CC[C@H]2C1(C)C. The van der Waals surface area contributed by atoms with Gasteiger partial charge >= 0.3 is 17.9 Å². The summed E-state index contributed by atoms with van der Waals surface area (Å²) in [5.74, 6) is 1.18. The molecule has 0 N–H and O–H groups in total. The van der Waals surface area contributed by atoms with Crippen molar-refractivity contribution >= 4 is 17.9 Å². The van der Waals surface area contributed by atoms with Gasteiger partial charge in [-0.1, -0.05) is 34.6 Å². The lowest BCUT2D eigenvalue weighted by molar-refractivity contribution is -0.230. The summed E-state index contributed by atoms with van der Waals surface area (Å²) in [6.45, 7) is 16.5. The quantitative estimate of drug-likeness (QED) is 0.225. The van der Waals surface area contributed by atoms with E-state index in [2.05, 4.69) is 41.5 Å². The van der Waals surface area contributed by atoms with Gasteiger partial charge in [0, 0.05) is 17.8 Å². The highest BCUT2D eigenvalue weighted by molar-refractivity contribution is 5.91. The van der Waals surface area contributed by atoms with Crippen LogP contribution in [0.1, 0.15) is 119 Å². The first-order chi connectivity index (χ1) is 17.7. The van der Waals surface area contributed by atoms with E-state index in [9.17, 15) is 14.4 Å². The fourth-order valence-corrected chi connectivity index (χ4v) is 11.2. The second-order valence-corrected chi connectivity index (χ2v) is 14.9. The number of fused-ring (bicyclic) bond motifs is 5. The van der Waals surface area contributed by atoms with Gasteiger partial charge in [-0.15, -0.1) is 0 Å². The molecule has 5 fully saturated rings. The van der Waals surface area contributed by atoms with Crippen molar-refractivity contribution in [1.82, 2.24) is 0 Å². The van der Waals surface area contributed by atoms with E-state index < -0.39 is 11.9 Å². The van der Waals surface area contributed by atoms with Gasteiger partial charge in [-0.2, -0.15) is 0 Å². The van der Waals surface area contributed by atoms with Gasteiger partial charge < -0.3 is 14.2 Å². The smallest absolute Gasteiger partial charge is 0.317 e. The van der Waals surface area contributed by atoms with Gasteiger partial charge in [0.2, 0.25) is 0 Å². The van der Waals surface area contributed by atoms with Gasteiger partial charge in [0.1, 0.15) is 18.1 Å². The van der Waals surface area contributed by atoms with E-state index in [1.54, 1.807) is 6.92 Å². The number of rotatable bonds is 5.